The summed E-state index contributed by atoms with van der Waals surface area (Å²) in [6.45, 7) is 1.94. The number of thiazole rings is 1. The predicted molar refractivity (Wildman–Crippen MR) is 137 cm³/mol. The van der Waals surface area contributed by atoms with Gasteiger partial charge in [0, 0.05) is 14.5 Å². The van der Waals surface area contributed by atoms with E-state index in [2.05, 4.69) is 36.8 Å². The molecule has 1 N–H and O–H groups in total. The summed E-state index contributed by atoms with van der Waals surface area (Å²) in [4.78, 5) is 32.5. The monoisotopic (exact) mass is 582 g/mol. The van der Waals surface area contributed by atoms with E-state index >= 15 is 0 Å². The fraction of sp³-hybridized carbons (Fsp3) is 0.0800. The molecule has 5 nitrogen and oxygen atoms in total. The standard InChI is InChI=1S/C25H16Br2N2O3S/c1-13-2-4-15(5-3-13)22(30)20-21(14-6-8-16(26)9-7-14)29(24(32)23(20)31)25-28-18-11-10-17(27)12-19(18)33-25/h2-12,21,30H,1H3/b22-20+/t21-/m1/s1. The highest BCUT2D eigenvalue weighted by atomic mass is 79.9. The number of ketones is 1. The van der Waals surface area contributed by atoms with Gasteiger partial charge in [0.2, 0.25) is 0 Å². The number of carbonyl (C=O) groups is 2. The Morgan fingerprint density at radius 2 is 1.64 bits per heavy atom. The summed E-state index contributed by atoms with van der Waals surface area (Å²) in [6.07, 6.45) is 0. The lowest BCUT2D eigenvalue weighted by molar-refractivity contribution is -0.132. The van der Waals surface area contributed by atoms with Gasteiger partial charge in [0.15, 0.2) is 5.13 Å². The average Bonchev–Trinajstić information content (AvgIpc) is 3.32. The van der Waals surface area contributed by atoms with Crippen molar-refractivity contribution in [3.05, 3.63) is 97.9 Å². The molecule has 0 radical (unpaired) electrons. The molecule has 0 saturated carbocycles. The molecule has 3 aromatic carbocycles. The van der Waals surface area contributed by atoms with Crippen molar-refractivity contribution >= 4 is 76.0 Å². The molecular formula is C25H16Br2N2O3S. The number of rotatable bonds is 3. The molecule has 164 valence electrons. The van der Waals surface area contributed by atoms with E-state index in [0.29, 0.717) is 16.3 Å². The van der Waals surface area contributed by atoms with Crippen LogP contribution in [0.2, 0.25) is 0 Å². The normalized spacial score (nSPS) is 17.8. The first-order valence-corrected chi connectivity index (χ1v) is 12.4. The van der Waals surface area contributed by atoms with E-state index in [1.807, 2.05) is 61.5 Å². The molecule has 1 atom stereocenters. The SMILES string of the molecule is Cc1ccc(/C(O)=C2\C(=O)C(=O)N(c3nc4ccc(Br)cc4s3)[C@@H]2c2ccc(Br)cc2)cc1. The van der Waals surface area contributed by atoms with Gasteiger partial charge in [0.1, 0.15) is 5.76 Å². The van der Waals surface area contributed by atoms with Gasteiger partial charge in [0.25, 0.3) is 5.78 Å². The van der Waals surface area contributed by atoms with Crippen molar-refractivity contribution in [1.29, 1.82) is 0 Å². The fourth-order valence-electron chi connectivity index (χ4n) is 3.85. The van der Waals surface area contributed by atoms with Crippen LogP contribution >= 0.6 is 43.2 Å². The molecule has 0 aliphatic carbocycles. The molecule has 5 rings (SSSR count). The number of Topliss-reactive ketones (excluding diaryl/α,β-unsaturated/α-hetero) is 1. The van der Waals surface area contributed by atoms with Gasteiger partial charge in [-0.05, 0) is 42.8 Å². The molecule has 0 spiro atoms. The van der Waals surface area contributed by atoms with Crippen LogP contribution in [0.3, 0.4) is 0 Å². The van der Waals surface area contributed by atoms with Crippen LogP contribution in [0.1, 0.15) is 22.7 Å². The smallest absolute Gasteiger partial charge is 0.301 e. The second-order valence-electron chi connectivity index (χ2n) is 7.70. The van der Waals surface area contributed by atoms with Gasteiger partial charge >= 0.3 is 5.91 Å². The number of nitrogens with zero attached hydrogens (tertiary/aromatic N) is 2. The molecule has 1 aliphatic rings. The zero-order chi connectivity index (χ0) is 23.3. The van der Waals surface area contributed by atoms with E-state index in [4.69, 9.17) is 0 Å². The van der Waals surface area contributed by atoms with Crippen molar-refractivity contribution in [3.8, 4) is 0 Å². The third-order valence-electron chi connectivity index (χ3n) is 5.50. The van der Waals surface area contributed by atoms with E-state index in [-0.39, 0.29) is 11.3 Å². The van der Waals surface area contributed by atoms with Gasteiger partial charge in [-0.2, -0.15) is 0 Å². The highest BCUT2D eigenvalue weighted by molar-refractivity contribution is 9.10. The van der Waals surface area contributed by atoms with Crippen LogP contribution in [0, 0.1) is 6.92 Å². The number of aryl methyl sites for hydroxylation is 1. The van der Waals surface area contributed by atoms with Crippen LogP contribution in [-0.4, -0.2) is 21.8 Å². The molecule has 1 aliphatic heterocycles. The highest BCUT2D eigenvalue weighted by Gasteiger charge is 2.48. The van der Waals surface area contributed by atoms with E-state index in [1.165, 1.54) is 16.2 Å². The number of hydrogen-bond acceptors (Lipinski definition) is 5. The zero-order valence-electron chi connectivity index (χ0n) is 17.3. The topological polar surface area (TPSA) is 70.5 Å². The number of carbonyl (C=O) groups excluding carboxylic acids is 2. The average molecular weight is 584 g/mol. The molecular weight excluding hydrogens is 568 g/mol. The first-order valence-electron chi connectivity index (χ1n) is 10.0. The number of aromatic nitrogens is 1. The highest BCUT2D eigenvalue weighted by Crippen LogP contribution is 2.44. The van der Waals surface area contributed by atoms with Crippen molar-refractivity contribution in [2.45, 2.75) is 13.0 Å². The van der Waals surface area contributed by atoms with Crippen molar-refractivity contribution in [3.63, 3.8) is 0 Å². The van der Waals surface area contributed by atoms with Crippen molar-refractivity contribution < 1.29 is 14.7 Å². The summed E-state index contributed by atoms with van der Waals surface area (Å²) in [5, 5.41) is 11.6. The number of aliphatic hydroxyl groups excluding tert-OH is 1. The van der Waals surface area contributed by atoms with Gasteiger partial charge in [0.05, 0.1) is 21.8 Å². The maximum atomic E-state index is 13.3. The molecule has 1 saturated heterocycles. The minimum atomic E-state index is -0.802. The number of halogens is 2. The van der Waals surface area contributed by atoms with Crippen LogP contribution in [0.25, 0.3) is 16.0 Å². The Bertz CT molecular complexity index is 1440. The van der Waals surface area contributed by atoms with E-state index in [9.17, 15) is 14.7 Å². The second-order valence-corrected chi connectivity index (χ2v) is 10.5. The van der Waals surface area contributed by atoms with Crippen molar-refractivity contribution in [1.82, 2.24) is 4.98 Å². The van der Waals surface area contributed by atoms with Crippen LogP contribution in [0.4, 0.5) is 5.13 Å². The van der Waals surface area contributed by atoms with E-state index in [1.54, 1.807) is 12.1 Å². The van der Waals surface area contributed by atoms with E-state index in [0.717, 1.165) is 24.7 Å². The van der Waals surface area contributed by atoms with Gasteiger partial charge in [-0.25, -0.2) is 4.98 Å². The van der Waals surface area contributed by atoms with Crippen LogP contribution in [0.15, 0.2) is 81.2 Å². The lowest BCUT2D eigenvalue weighted by Gasteiger charge is -2.23. The van der Waals surface area contributed by atoms with Gasteiger partial charge in [-0.1, -0.05) is 85.2 Å². The quantitative estimate of drug-likeness (QED) is 0.164. The molecule has 1 aromatic heterocycles. The van der Waals surface area contributed by atoms with Crippen molar-refractivity contribution in [2.24, 2.45) is 0 Å². The Hall–Kier alpha value is -2.81. The first kappa shape index (κ1) is 22.0. The number of benzene rings is 3. The second kappa shape index (κ2) is 8.52. The maximum absolute atomic E-state index is 13.3. The molecule has 1 amide bonds. The summed E-state index contributed by atoms with van der Waals surface area (Å²) in [5.74, 6) is -1.65. The molecule has 4 aromatic rings. The van der Waals surface area contributed by atoms with Gasteiger partial charge in [-0.3, -0.25) is 14.5 Å². The summed E-state index contributed by atoms with van der Waals surface area (Å²) in [6, 6.07) is 19.4. The molecule has 8 heteroatoms. The van der Waals surface area contributed by atoms with Gasteiger partial charge < -0.3 is 5.11 Å². The summed E-state index contributed by atoms with van der Waals surface area (Å²) in [7, 11) is 0. The molecule has 2 heterocycles. The molecule has 33 heavy (non-hydrogen) atoms. The van der Waals surface area contributed by atoms with Gasteiger partial charge in [-0.15, -0.1) is 0 Å². The summed E-state index contributed by atoms with van der Waals surface area (Å²) >= 11 is 8.22. The van der Waals surface area contributed by atoms with Crippen LogP contribution in [0.5, 0.6) is 0 Å². The zero-order valence-corrected chi connectivity index (χ0v) is 21.2. The van der Waals surface area contributed by atoms with Crippen LogP contribution in [-0.2, 0) is 9.59 Å². The third kappa shape index (κ3) is 3.92. The Morgan fingerprint density at radius 1 is 0.970 bits per heavy atom. The minimum Gasteiger partial charge on any atom is -0.507 e. The molecule has 0 bridgehead atoms. The Balaban J connectivity index is 1.73. The fourth-order valence-corrected chi connectivity index (χ4v) is 5.66. The Morgan fingerprint density at radius 3 is 2.33 bits per heavy atom. The number of fused-ring (bicyclic) bond motifs is 1. The van der Waals surface area contributed by atoms with Crippen molar-refractivity contribution in [2.75, 3.05) is 4.90 Å². The number of hydrogen-bond donors (Lipinski definition) is 1. The number of amides is 1. The maximum Gasteiger partial charge on any atom is 0.301 e. The first-order chi connectivity index (χ1) is 15.8. The Labute approximate surface area is 210 Å². The lowest BCUT2D eigenvalue weighted by atomic mass is 9.95. The minimum absolute atomic E-state index is 0.0478. The lowest BCUT2D eigenvalue weighted by Crippen LogP contribution is -2.29. The number of aliphatic hydroxyl groups is 1. The number of anilines is 1. The summed E-state index contributed by atoms with van der Waals surface area (Å²) < 4.78 is 2.65. The van der Waals surface area contributed by atoms with Crippen LogP contribution < -0.4 is 4.90 Å². The van der Waals surface area contributed by atoms with E-state index < -0.39 is 17.7 Å². The predicted octanol–water partition coefficient (Wildman–Crippen LogP) is 6.76. The summed E-state index contributed by atoms with van der Waals surface area (Å²) in [5.41, 5.74) is 2.98. The Kier molecular flexibility index (Phi) is 5.68. The largest absolute Gasteiger partial charge is 0.507 e. The third-order valence-corrected chi connectivity index (χ3v) is 7.54. The molecule has 0 unspecified atom stereocenters. The molecule has 1 fully saturated rings.